The first-order valence-corrected chi connectivity index (χ1v) is 11.9. The van der Waals surface area contributed by atoms with Crippen molar-refractivity contribution in [3.8, 4) is 0 Å². The van der Waals surface area contributed by atoms with Crippen LogP contribution in [0.3, 0.4) is 0 Å². The van der Waals surface area contributed by atoms with Crippen molar-refractivity contribution in [2.75, 3.05) is 19.0 Å². The zero-order chi connectivity index (χ0) is 24.9. The number of hydrogen-bond donors (Lipinski definition) is 1. The van der Waals surface area contributed by atoms with E-state index in [9.17, 15) is 24.3 Å². The van der Waals surface area contributed by atoms with Gasteiger partial charge in [-0.1, -0.05) is 60.7 Å². The maximum Gasteiger partial charge on any atom is 0.352 e. The highest BCUT2D eigenvalue weighted by atomic mass is 32.2. The molecule has 2 aliphatic rings. The van der Waals surface area contributed by atoms with Crippen LogP contribution in [0, 0.1) is 0 Å². The van der Waals surface area contributed by atoms with Gasteiger partial charge in [0.1, 0.15) is 24.3 Å². The van der Waals surface area contributed by atoms with E-state index in [1.807, 2.05) is 60.7 Å². The van der Waals surface area contributed by atoms with Crippen molar-refractivity contribution >= 4 is 35.6 Å². The molecular weight excluding hydrogens is 474 g/mol. The molecule has 9 nitrogen and oxygen atoms in total. The summed E-state index contributed by atoms with van der Waals surface area (Å²) in [5.74, 6) is -2.82. The van der Waals surface area contributed by atoms with Crippen LogP contribution in [0.15, 0.2) is 71.9 Å². The Kier molecular flexibility index (Phi) is 7.52. The second kappa shape index (κ2) is 10.7. The molecule has 4 rings (SSSR count). The van der Waals surface area contributed by atoms with Gasteiger partial charge in [-0.3, -0.25) is 14.5 Å². The molecule has 1 amide bonds. The fraction of sp³-hybridized carbons (Fsp3) is 0.280. The monoisotopic (exact) mass is 497 g/mol. The summed E-state index contributed by atoms with van der Waals surface area (Å²) in [5, 5.41) is 9.02. The molecule has 0 radical (unpaired) electrons. The van der Waals surface area contributed by atoms with Gasteiger partial charge in [0.25, 0.3) is 5.91 Å². The van der Waals surface area contributed by atoms with Crippen LogP contribution in [-0.4, -0.2) is 64.3 Å². The van der Waals surface area contributed by atoms with E-state index in [1.165, 1.54) is 18.7 Å². The van der Waals surface area contributed by atoms with E-state index < -0.39 is 48.0 Å². The molecule has 2 aliphatic heterocycles. The molecule has 1 saturated heterocycles. The number of fused-ring (bicyclic) bond motifs is 1. The Labute approximate surface area is 205 Å². The Morgan fingerprint density at radius 1 is 1.06 bits per heavy atom. The highest BCUT2D eigenvalue weighted by Gasteiger charge is 2.54. The number of nitrogens with zero attached hydrogens (tertiary/aromatic N) is 1. The van der Waals surface area contributed by atoms with Gasteiger partial charge in [-0.15, -0.1) is 11.8 Å². The van der Waals surface area contributed by atoms with Crippen LogP contribution in [0.25, 0.3) is 0 Å². The van der Waals surface area contributed by atoms with E-state index >= 15 is 0 Å². The fourth-order valence-corrected chi connectivity index (χ4v) is 5.20. The van der Waals surface area contributed by atoms with Crippen molar-refractivity contribution in [1.82, 2.24) is 4.90 Å². The number of rotatable bonds is 9. The normalized spacial score (nSPS) is 19.1. The molecule has 2 aromatic carbocycles. The van der Waals surface area contributed by atoms with Crippen LogP contribution >= 0.6 is 11.8 Å². The molecule has 182 valence electrons. The molecule has 0 spiro atoms. The zero-order valence-electron chi connectivity index (χ0n) is 18.8. The summed E-state index contributed by atoms with van der Waals surface area (Å²) in [6.07, 6.45) is -1.62. The number of carboxylic acids is 1. The lowest BCUT2D eigenvalue weighted by Crippen LogP contribution is -2.66. The largest absolute Gasteiger partial charge is 0.477 e. The molecular formula is C25H23NO8S. The molecule has 0 aliphatic carbocycles. The van der Waals surface area contributed by atoms with Crippen molar-refractivity contribution in [2.24, 2.45) is 0 Å². The van der Waals surface area contributed by atoms with Gasteiger partial charge in [-0.25, -0.2) is 9.59 Å². The predicted molar refractivity (Wildman–Crippen MR) is 125 cm³/mol. The number of β-lactam (4-membered cyclic amide) rings is 1. The number of carboxylic acid groups (broad SMARTS) is 1. The van der Waals surface area contributed by atoms with Gasteiger partial charge >= 0.3 is 17.9 Å². The number of carbonyl (C=O) groups is 4. The van der Waals surface area contributed by atoms with Crippen LogP contribution in [0.5, 0.6) is 0 Å². The zero-order valence-corrected chi connectivity index (χ0v) is 19.6. The Morgan fingerprint density at radius 2 is 1.66 bits per heavy atom. The standard InChI is InChI=1S/C25H23NO8S/c1-15(27)32-12-18-14-35-24-22(23(29)26(24)20(18)25(30)31)33-13-19(28)34-21(16-8-4-2-5-9-16)17-10-6-3-7-11-17/h2-11,21-22,24H,12-14H2,1H3,(H,30,31)/t22-,24-/m1/s1. The van der Waals surface area contributed by atoms with Crippen molar-refractivity contribution in [3.63, 3.8) is 0 Å². The second-order valence-corrected chi connectivity index (χ2v) is 8.98. The van der Waals surface area contributed by atoms with E-state index in [0.29, 0.717) is 5.57 Å². The Balaban J connectivity index is 1.40. The van der Waals surface area contributed by atoms with Crippen LogP contribution in [0.4, 0.5) is 0 Å². The summed E-state index contributed by atoms with van der Waals surface area (Å²) in [6, 6.07) is 18.5. The van der Waals surface area contributed by atoms with E-state index in [2.05, 4.69) is 0 Å². The number of benzene rings is 2. The minimum Gasteiger partial charge on any atom is -0.477 e. The molecule has 0 saturated carbocycles. The van der Waals surface area contributed by atoms with Crippen molar-refractivity contribution in [2.45, 2.75) is 24.5 Å². The maximum atomic E-state index is 12.7. The summed E-state index contributed by atoms with van der Waals surface area (Å²) in [5.41, 5.74) is 1.69. The Morgan fingerprint density at radius 3 is 2.20 bits per heavy atom. The minimum atomic E-state index is -1.29. The molecule has 2 aromatic rings. The van der Waals surface area contributed by atoms with E-state index in [1.54, 1.807) is 0 Å². The molecule has 0 unspecified atom stereocenters. The molecule has 2 atom stereocenters. The quantitative estimate of drug-likeness (QED) is 0.412. The first kappa shape index (κ1) is 24.5. The van der Waals surface area contributed by atoms with Crippen LogP contribution in [0.2, 0.25) is 0 Å². The maximum absolute atomic E-state index is 12.7. The molecule has 10 heteroatoms. The summed E-state index contributed by atoms with van der Waals surface area (Å²) in [7, 11) is 0. The van der Waals surface area contributed by atoms with Gasteiger partial charge in [0.05, 0.1) is 0 Å². The van der Waals surface area contributed by atoms with E-state index in [0.717, 1.165) is 16.0 Å². The van der Waals surface area contributed by atoms with E-state index in [4.69, 9.17) is 14.2 Å². The average Bonchev–Trinajstić information content (AvgIpc) is 2.86. The lowest BCUT2D eigenvalue weighted by molar-refractivity contribution is -0.172. The lowest BCUT2D eigenvalue weighted by atomic mass is 10.0. The number of carbonyl (C=O) groups excluding carboxylic acids is 3. The van der Waals surface area contributed by atoms with Gasteiger partial charge < -0.3 is 19.3 Å². The second-order valence-electron chi connectivity index (χ2n) is 7.87. The summed E-state index contributed by atoms with van der Waals surface area (Å²) < 4.78 is 16.2. The minimum absolute atomic E-state index is 0.210. The average molecular weight is 498 g/mol. The highest BCUT2D eigenvalue weighted by molar-refractivity contribution is 8.00. The van der Waals surface area contributed by atoms with E-state index in [-0.39, 0.29) is 18.1 Å². The summed E-state index contributed by atoms with van der Waals surface area (Å²) in [4.78, 5) is 49.4. The van der Waals surface area contributed by atoms with Crippen molar-refractivity contribution in [1.29, 1.82) is 0 Å². The number of ether oxygens (including phenoxy) is 3. The smallest absolute Gasteiger partial charge is 0.352 e. The van der Waals surface area contributed by atoms with Crippen LogP contribution in [-0.2, 0) is 33.4 Å². The third-order valence-electron chi connectivity index (χ3n) is 5.49. The fourth-order valence-electron chi connectivity index (χ4n) is 3.88. The van der Waals surface area contributed by atoms with Crippen molar-refractivity contribution in [3.05, 3.63) is 83.1 Å². The van der Waals surface area contributed by atoms with Crippen LogP contribution in [0.1, 0.15) is 24.2 Å². The first-order valence-electron chi connectivity index (χ1n) is 10.8. The third-order valence-corrected chi connectivity index (χ3v) is 6.80. The predicted octanol–water partition coefficient (Wildman–Crippen LogP) is 2.52. The number of thioether (sulfide) groups is 1. The van der Waals surface area contributed by atoms with Gasteiger partial charge in [-0.05, 0) is 11.1 Å². The topological polar surface area (TPSA) is 119 Å². The summed E-state index contributed by atoms with van der Waals surface area (Å²) in [6.45, 7) is 0.542. The third kappa shape index (κ3) is 5.39. The Hall–Kier alpha value is -3.63. The Bertz CT molecular complexity index is 1110. The van der Waals surface area contributed by atoms with Crippen molar-refractivity contribution < 1.29 is 38.5 Å². The van der Waals surface area contributed by atoms with Crippen LogP contribution < -0.4 is 0 Å². The number of esters is 2. The number of aliphatic carboxylic acids is 1. The lowest BCUT2D eigenvalue weighted by Gasteiger charge is -2.48. The SMILES string of the molecule is CC(=O)OCC1=C(C(=O)O)N2C(=O)[C@@H](OCC(=O)OC(c3ccccc3)c3ccccc3)[C@H]2SC1. The molecule has 0 aromatic heterocycles. The molecule has 1 fully saturated rings. The number of hydrogen-bond acceptors (Lipinski definition) is 8. The first-order chi connectivity index (χ1) is 16.9. The molecule has 1 N–H and O–H groups in total. The summed E-state index contributed by atoms with van der Waals surface area (Å²) >= 11 is 1.28. The molecule has 2 heterocycles. The van der Waals surface area contributed by atoms with Gasteiger partial charge in [-0.2, -0.15) is 0 Å². The van der Waals surface area contributed by atoms with Gasteiger partial charge in [0.15, 0.2) is 12.2 Å². The number of amides is 1. The highest BCUT2D eigenvalue weighted by Crippen LogP contribution is 2.41. The molecule has 35 heavy (non-hydrogen) atoms. The van der Waals surface area contributed by atoms with Gasteiger partial charge in [0.2, 0.25) is 0 Å². The van der Waals surface area contributed by atoms with Gasteiger partial charge in [0, 0.05) is 18.2 Å². The molecule has 0 bridgehead atoms.